The number of nitrogens with one attached hydrogen (secondary N) is 3. The molecule has 0 atom stereocenters. The number of anilines is 1. The van der Waals surface area contributed by atoms with Crippen molar-refractivity contribution in [1.29, 1.82) is 0 Å². The highest BCUT2D eigenvalue weighted by Crippen LogP contribution is 2.13. The van der Waals surface area contributed by atoms with Gasteiger partial charge in [-0.2, -0.15) is 0 Å². The van der Waals surface area contributed by atoms with Gasteiger partial charge >= 0.3 is 0 Å². The van der Waals surface area contributed by atoms with E-state index in [-0.39, 0.29) is 23.9 Å². The number of halogens is 1. The van der Waals surface area contributed by atoms with Crippen LogP contribution in [0.15, 0.2) is 28.7 Å². The van der Waals surface area contributed by atoms with Gasteiger partial charge in [0.15, 0.2) is 0 Å². The Hall–Kier alpha value is -1.40. The van der Waals surface area contributed by atoms with Gasteiger partial charge in [0.05, 0.1) is 6.54 Å². The largest absolute Gasteiger partial charge is 0.351 e. The number of hydrogen-bond donors (Lipinski definition) is 3. The van der Waals surface area contributed by atoms with Crippen molar-refractivity contribution in [3.05, 3.63) is 28.7 Å². The summed E-state index contributed by atoms with van der Waals surface area (Å²) in [5.74, 6) is -0.156. The smallest absolute Gasteiger partial charge is 0.238 e. The third-order valence-electron chi connectivity index (χ3n) is 2.46. The van der Waals surface area contributed by atoms with Gasteiger partial charge in [0.25, 0.3) is 0 Å². The molecule has 0 bridgehead atoms. The van der Waals surface area contributed by atoms with Gasteiger partial charge < -0.3 is 16.0 Å². The molecule has 0 saturated heterocycles. The molecule has 0 saturated carbocycles. The van der Waals surface area contributed by atoms with Crippen LogP contribution in [0.4, 0.5) is 5.69 Å². The van der Waals surface area contributed by atoms with Crippen LogP contribution in [-0.4, -0.2) is 30.4 Å². The molecule has 2 amide bonds. The molecule has 0 aliphatic rings. The summed E-state index contributed by atoms with van der Waals surface area (Å²) in [6.45, 7) is 6.45. The number of carbonyl (C=O) groups excluding carboxylic acids is 2. The molecule has 0 aromatic heterocycles. The first-order valence-electron chi connectivity index (χ1n) is 6.83. The fourth-order valence-corrected chi connectivity index (χ4v) is 1.89. The second kappa shape index (κ2) is 8.14. The van der Waals surface area contributed by atoms with Gasteiger partial charge in [0.1, 0.15) is 0 Å². The molecule has 0 fully saturated rings. The summed E-state index contributed by atoms with van der Waals surface area (Å²) in [4.78, 5) is 23.3. The van der Waals surface area contributed by atoms with Gasteiger partial charge in [0, 0.05) is 28.7 Å². The van der Waals surface area contributed by atoms with Gasteiger partial charge in [-0.05, 0) is 45.0 Å². The van der Waals surface area contributed by atoms with Crippen molar-refractivity contribution in [2.45, 2.75) is 32.7 Å². The molecule has 1 rings (SSSR count). The van der Waals surface area contributed by atoms with Crippen LogP contribution < -0.4 is 16.0 Å². The van der Waals surface area contributed by atoms with E-state index in [1.807, 2.05) is 45.0 Å². The van der Waals surface area contributed by atoms with Crippen molar-refractivity contribution in [3.63, 3.8) is 0 Å². The number of amides is 2. The average Bonchev–Trinajstić information content (AvgIpc) is 2.35. The van der Waals surface area contributed by atoms with Crippen LogP contribution in [0.1, 0.15) is 27.2 Å². The highest BCUT2D eigenvalue weighted by Gasteiger charge is 2.13. The van der Waals surface area contributed by atoms with Crippen LogP contribution in [0, 0.1) is 0 Å². The van der Waals surface area contributed by atoms with Crippen molar-refractivity contribution in [2.75, 3.05) is 18.4 Å². The van der Waals surface area contributed by atoms with Crippen LogP contribution in [0.3, 0.4) is 0 Å². The predicted molar refractivity (Wildman–Crippen MR) is 88.2 cm³/mol. The Morgan fingerprint density at radius 3 is 2.29 bits per heavy atom. The molecule has 0 heterocycles. The van der Waals surface area contributed by atoms with E-state index in [1.165, 1.54) is 0 Å². The van der Waals surface area contributed by atoms with Gasteiger partial charge in [-0.15, -0.1) is 0 Å². The summed E-state index contributed by atoms with van der Waals surface area (Å²) >= 11 is 3.33. The number of hydrogen-bond acceptors (Lipinski definition) is 3. The molecule has 116 valence electrons. The van der Waals surface area contributed by atoms with Crippen LogP contribution in [0.5, 0.6) is 0 Å². The van der Waals surface area contributed by atoms with Gasteiger partial charge in [-0.1, -0.05) is 15.9 Å². The van der Waals surface area contributed by atoms with Crippen molar-refractivity contribution in [3.8, 4) is 0 Å². The van der Waals surface area contributed by atoms with E-state index in [9.17, 15) is 9.59 Å². The average molecular weight is 356 g/mol. The lowest BCUT2D eigenvalue weighted by Crippen LogP contribution is -2.42. The molecule has 6 heteroatoms. The minimum Gasteiger partial charge on any atom is -0.351 e. The fraction of sp³-hybridized carbons (Fsp3) is 0.467. The van der Waals surface area contributed by atoms with Crippen molar-refractivity contribution >= 4 is 33.4 Å². The van der Waals surface area contributed by atoms with E-state index in [0.29, 0.717) is 13.0 Å². The molecule has 21 heavy (non-hydrogen) atoms. The topological polar surface area (TPSA) is 70.2 Å². The van der Waals surface area contributed by atoms with Crippen molar-refractivity contribution < 1.29 is 9.59 Å². The Morgan fingerprint density at radius 2 is 1.71 bits per heavy atom. The lowest BCUT2D eigenvalue weighted by atomic mass is 10.1. The highest BCUT2D eigenvalue weighted by atomic mass is 79.9. The zero-order chi connectivity index (χ0) is 15.9. The Kier molecular flexibility index (Phi) is 6.84. The Labute approximate surface area is 134 Å². The quantitative estimate of drug-likeness (QED) is 0.685. The molecule has 1 aromatic rings. The SMILES string of the molecule is CC(C)(C)NC(=O)CCNCC(=O)Nc1ccc(Br)cc1. The minimum absolute atomic E-state index is 0.0247. The molecular weight excluding hydrogens is 334 g/mol. The minimum atomic E-state index is -0.226. The van der Waals surface area contributed by atoms with Crippen molar-refractivity contribution in [2.24, 2.45) is 0 Å². The molecule has 0 radical (unpaired) electrons. The van der Waals surface area contributed by atoms with E-state index in [0.717, 1.165) is 10.2 Å². The summed E-state index contributed by atoms with van der Waals surface area (Å²) in [6, 6.07) is 7.36. The number of rotatable bonds is 6. The first-order chi connectivity index (χ1) is 9.76. The van der Waals surface area contributed by atoms with Gasteiger partial charge in [-0.3, -0.25) is 9.59 Å². The molecule has 1 aromatic carbocycles. The lowest BCUT2D eigenvalue weighted by molar-refractivity contribution is -0.122. The van der Waals surface area contributed by atoms with Gasteiger partial charge in [0.2, 0.25) is 11.8 Å². The fourth-order valence-electron chi connectivity index (χ4n) is 1.62. The Balaban J connectivity index is 2.19. The zero-order valence-corrected chi connectivity index (χ0v) is 14.2. The summed E-state index contributed by atoms with van der Waals surface area (Å²) in [6.07, 6.45) is 0.350. The molecule has 5 nitrogen and oxygen atoms in total. The van der Waals surface area contributed by atoms with Gasteiger partial charge in [-0.25, -0.2) is 0 Å². The molecule has 0 aliphatic heterocycles. The standard InChI is InChI=1S/C15H22BrN3O2/c1-15(2,3)19-13(20)8-9-17-10-14(21)18-12-6-4-11(16)5-7-12/h4-7,17H,8-10H2,1-3H3,(H,18,21)(H,19,20). The van der Waals surface area contributed by atoms with E-state index in [1.54, 1.807) is 0 Å². The highest BCUT2D eigenvalue weighted by molar-refractivity contribution is 9.10. The summed E-state index contributed by atoms with van der Waals surface area (Å²) in [5, 5.41) is 8.59. The van der Waals surface area contributed by atoms with E-state index in [4.69, 9.17) is 0 Å². The second-order valence-corrected chi connectivity index (χ2v) is 6.70. The first kappa shape index (κ1) is 17.7. The van der Waals surface area contributed by atoms with E-state index in [2.05, 4.69) is 31.9 Å². The van der Waals surface area contributed by atoms with Crippen LogP contribution in [0.25, 0.3) is 0 Å². The normalized spacial score (nSPS) is 11.0. The Morgan fingerprint density at radius 1 is 1.10 bits per heavy atom. The summed E-state index contributed by atoms with van der Waals surface area (Å²) in [7, 11) is 0. The lowest BCUT2D eigenvalue weighted by Gasteiger charge is -2.20. The van der Waals surface area contributed by atoms with E-state index < -0.39 is 0 Å². The number of benzene rings is 1. The maximum Gasteiger partial charge on any atom is 0.238 e. The molecule has 3 N–H and O–H groups in total. The molecular formula is C15H22BrN3O2. The second-order valence-electron chi connectivity index (χ2n) is 5.78. The molecule has 0 spiro atoms. The predicted octanol–water partition coefficient (Wildman–Crippen LogP) is 2.28. The Bertz CT molecular complexity index is 481. The third-order valence-corrected chi connectivity index (χ3v) is 2.99. The molecule has 0 aliphatic carbocycles. The van der Waals surface area contributed by atoms with Crippen LogP contribution in [-0.2, 0) is 9.59 Å². The van der Waals surface area contributed by atoms with Crippen LogP contribution >= 0.6 is 15.9 Å². The maximum atomic E-state index is 11.7. The maximum absolute atomic E-state index is 11.7. The third kappa shape index (κ3) is 8.47. The van der Waals surface area contributed by atoms with Crippen LogP contribution in [0.2, 0.25) is 0 Å². The summed E-state index contributed by atoms with van der Waals surface area (Å²) in [5.41, 5.74) is 0.520. The van der Waals surface area contributed by atoms with E-state index >= 15 is 0 Å². The van der Waals surface area contributed by atoms with Crippen molar-refractivity contribution in [1.82, 2.24) is 10.6 Å². The number of carbonyl (C=O) groups is 2. The molecule has 0 unspecified atom stereocenters. The zero-order valence-electron chi connectivity index (χ0n) is 12.6. The monoisotopic (exact) mass is 355 g/mol. The first-order valence-corrected chi connectivity index (χ1v) is 7.63. The summed E-state index contributed by atoms with van der Waals surface area (Å²) < 4.78 is 0.962.